The van der Waals surface area contributed by atoms with Crippen LogP contribution in [-0.2, 0) is 9.59 Å². The summed E-state index contributed by atoms with van der Waals surface area (Å²) in [7, 11) is 0. The summed E-state index contributed by atoms with van der Waals surface area (Å²) in [5.41, 5.74) is 0.442. The van der Waals surface area contributed by atoms with Crippen molar-refractivity contribution >= 4 is 46.3 Å². The number of thioether (sulfide) groups is 1. The molecule has 1 N–H and O–H groups in total. The van der Waals surface area contributed by atoms with Crippen LogP contribution < -0.4 is 0 Å². The molecule has 0 aliphatic carbocycles. The van der Waals surface area contributed by atoms with E-state index in [4.69, 9.17) is 27.0 Å². The van der Waals surface area contributed by atoms with E-state index in [-0.39, 0.29) is 17.9 Å². The topological polar surface area (TPSA) is 94.5 Å². The molecule has 154 valence electrons. The van der Waals surface area contributed by atoms with Crippen molar-refractivity contribution in [1.29, 1.82) is 5.26 Å². The maximum Gasteiger partial charge on any atom is 0.303 e. The summed E-state index contributed by atoms with van der Waals surface area (Å²) in [6.45, 7) is 0.440. The fraction of sp³-hybridized carbons (Fsp3) is 0.238. The molecular weight excluding hydrogens is 427 g/mol. The van der Waals surface area contributed by atoms with Crippen molar-refractivity contribution in [3.8, 4) is 17.4 Å². The molecule has 1 aliphatic rings. The van der Waals surface area contributed by atoms with Gasteiger partial charge in [-0.2, -0.15) is 5.26 Å². The summed E-state index contributed by atoms with van der Waals surface area (Å²) in [6.07, 6.45) is 3.63. The number of carbonyl (C=O) groups is 2. The van der Waals surface area contributed by atoms with E-state index in [9.17, 15) is 14.0 Å². The minimum absolute atomic E-state index is 0.0443. The zero-order chi connectivity index (χ0) is 21.7. The van der Waals surface area contributed by atoms with E-state index < -0.39 is 11.8 Å². The molecule has 1 aromatic heterocycles. The normalized spacial score (nSPS) is 15.1. The number of aliphatic carboxylic acids is 1. The zero-order valence-corrected chi connectivity index (χ0v) is 17.4. The fourth-order valence-electron chi connectivity index (χ4n) is 2.89. The van der Waals surface area contributed by atoms with Crippen molar-refractivity contribution in [1.82, 2.24) is 4.90 Å². The molecular formula is C21H17FN2O4S2. The van der Waals surface area contributed by atoms with Crippen LogP contribution in [0.3, 0.4) is 0 Å². The molecule has 6 nitrogen and oxygen atoms in total. The molecule has 1 aliphatic heterocycles. The maximum absolute atomic E-state index is 13.8. The Bertz CT molecular complexity index is 1070. The first kappa shape index (κ1) is 21.7. The Hall–Kier alpha value is -2.96. The van der Waals surface area contributed by atoms with Crippen LogP contribution in [0, 0.1) is 17.1 Å². The second kappa shape index (κ2) is 9.69. The van der Waals surface area contributed by atoms with Crippen LogP contribution >= 0.6 is 24.0 Å². The van der Waals surface area contributed by atoms with Crippen molar-refractivity contribution in [3.05, 3.63) is 52.4 Å². The molecule has 3 rings (SSSR count). The molecule has 1 saturated heterocycles. The third kappa shape index (κ3) is 5.14. The van der Waals surface area contributed by atoms with E-state index in [0.717, 1.165) is 0 Å². The summed E-state index contributed by atoms with van der Waals surface area (Å²) in [5, 5.41) is 17.5. The Balaban J connectivity index is 1.65. The number of benzene rings is 1. The Kier molecular flexibility index (Phi) is 7.03. The van der Waals surface area contributed by atoms with Crippen molar-refractivity contribution in [3.63, 3.8) is 0 Å². The van der Waals surface area contributed by atoms with Crippen LogP contribution in [0.15, 0.2) is 39.7 Å². The van der Waals surface area contributed by atoms with Gasteiger partial charge in [-0.05, 0) is 43.2 Å². The Labute approximate surface area is 182 Å². The van der Waals surface area contributed by atoms with Crippen molar-refractivity contribution in [2.24, 2.45) is 0 Å². The number of hydrogen-bond acceptors (Lipinski definition) is 6. The fourth-order valence-corrected chi connectivity index (χ4v) is 4.18. The summed E-state index contributed by atoms with van der Waals surface area (Å²) >= 11 is 6.46. The van der Waals surface area contributed by atoms with Gasteiger partial charge < -0.3 is 9.52 Å². The van der Waals surface area contributed by atoms with Gasteiger partial charge in [0.2, 0.25) is 0 Å². The van der Waals surface area contributed by atoms with Gasteiger partial charge >= 0.3 is 5.97 Å². The van der Waals surface area contributed by atoms with E-state index in [0.29, 0.717) is 52.1 Å². The largest absolute Gasteiger partial charge is 0.481 e. The van der Waals surface area contributed by atoms with Crippen LogP contribution in [0.4, 0.5) is 4.39 Å². The monoisotopic (exact) mass is 444 g/mol. The summed E-state index contributed by atoms with van der Waals surface area (Å²) in [5.74, 6) is -0.830. The van der Waals surface area contributed by atoms with Gasteiger partial charge in [0.15, 0.2) is 0 Å². The molecule has 0 spiro atoms. The predicted octanol–water partition coefficient (Wildman–Crippen LogP) is 4.80. The number of nitrogens with zero attached hydrogens (tertiary/aromatic N) is 2. The minimum atomic E-state index is -0.829. The second-order valence-electron chi connectivity index (χ2n) is 6.55. The van der Waals surface area contributed by atoms with Crippen molar-refractivity contribution in [2.75, 3.05) is 6.54 Å². The van der Waals surface area contributed by atoms with Crippen LogP contribution in [0.2, 0.25) is 0 Å². The van der Waals surface area contributed by atoms with E-state index in [1.165, 1.54) is 28.8 Å². The molecule has 0 saturated carbocycles. The molecule has 1 aromatic carbocycles. The summed E-state index contributed by atoms with van der Waals surface area (Å²) in [6, 6.07) is 9.30. The van der Waals surface area contributed by atoms with Gasteiger partial charge in [-0.3, -0.25) is 14.5 Å². The minimum Gasteiger partial charge on any atom is -0.481 e. The highest BCUT2D eigenvalue weighted by Gasteiger charge is 2.31. The number of carbonyl (C=O) groups excluding carboxylic acids is 1. The van der Waals surface area contributed by atoms with Crippen molar-refractivity contribution < 1.29 is 23.5 Å². The molecule has 0 atom stereocenters. The Morgan fingerprint density at radius 2 is 2.10 bits per heavy atom. The number of carboxylic acids is 1. The van der Waals surface area contributed by atoms with Gasteiger partial charge in [-0.15, -0.1) is 0 Å². The molecule has 2 heterocycles. The van der Waals surface area contributed by atoms with Crippen LogP contribution in [0.5, 0.6) is 0 Å². The van der Waals surface area contributed by atoms with Gasteiger partial charge in [0.25, 0.3) is 5.91 Å². The lowest BCUT2D eigenvalue weighted by atomic mass is 10.1. The third-order valence-electron chi connectivity index (χ3n) is 4.42. The Morgan fingerprint density at radius 3 is 2.80 bits per heavy atom. The highest BCUT2D eigenvalue weighted by molar-refractivity contribution is 8.26. The molecule has 2 aromatic rings. The first-order valence-electron chi connectivity index (χ1n) is 9.16. The highest BCUT2D eigenvalue weighted by Crippen LogP contribution is 2.34. The Morgan fingerprint density at radius 1 is 1.30 bits per heavy atom. The maximum atomic E-state index is 13.8. The van der Waals surface area contributed by atoms with Crippen LogP contribution in [0.25, 0.3) is 17.4 Å². The third-order valence-corrected chi connectivity index (χ3v) is 5.80. The summed E-state index contributed by atoms with van der Waals surface area (Å²) < 4.78 is 20.0. The average Bonchev–Trinajstić information content (AvgIpc) is 3.27. The first-order valence-corrected chi connectivity index (χ1v) is 10.4. The SMILES string of the molecule is N#Cc1ccc(-c2ccc(/C=C3\SC(=S)N(CCCCCC(=O)O)C3=O)o2)cc1F. The number of thiocarbonyl (C=S) groups is 1. The molecule has 9 heteroatoms. The lowest BCUT2D eigenvalue weighted by Gasteiger charge is -2.13. The number of furan rings is 1. The van der Waals surface area contributed by atoms with E-state index in [1.807, 2.05) is 0 Å². The lowest BCUT2D eigenvalue weighted by Crippen LogP contribution is -2.29. The molecule has 30 heavy (non-hydrogen) atoms. The molecule has 1 fully saturated rings. The molecule has 1 amide bonds. The molecule has 0 radical (unpaired) electrons. The number of halogens is 1. The van der Waals surface area contributed by atoms with Gasteiger partial charge in [0.1, 0.15) is 27.7 Å². The lowest BCUT2D eigenvalue weighted by molar-refractivity contribution is -0.137. The van der Waals surface area contributed by atoms with Gasteiger partial charge in [-0.1, -0.05) is 30.4 Å². The zero-order valence-electron chi connectivity index (χ0n) is 15.8. The summed E-state index contributed by atoms with van der Waals surface area (Å²) in [4.78, 5) is 25.1. The standard InChI is InChI=1S/C21H17FN2O4S2/c22-16-10-13(5-6-14(16)12-23)17-8-7-15(28-17)11-18-20(27)24(21(29)30-18)9-3-1-2-4-19(25)26/h5-8,10-11H,1-4,9H2,(H,25,26)/b18-11-. The number of nitriles is 1. The highest BCUT2D eigenvalue weighted by atomic mass is 32.2. The first-order chi connectivity index (χ1) is 14.4. The van der Waals surface area contributed by atoms with E-state index in [1.54, 1.807) is 30.3 Å². The van der Waals surface area contributed by atoms with Crippen LogP contribution in [0.1, 0.15) is 37.0 Å². The number of unbranched alkanes of at least 4 members (excludes halogenated alkanes) is 2. The van der Waals surface area contributed by atoms with E-state index >= 15 is 0 Å². The van der Waals surface area contributed by atoms with Gasteiger partial charge in [0.05, 0.1) is 10.5 Å². The number of amides is 1. The quantitative estimate of drug-likeness (QED) is 0.355. The average molecular weight is 445 g/mol. The van der Waals surface area contributed by atoms with E-state index in [2.05, 4.69) is 0 Å². The number of carboxylic acid groups (broad SMARTS) is 1. The van der Waals surface area contributed by atoms with Crippen LogP contribution in [-0.4, -0.2) is 32.7 Å². The molecule has 0 bridgehead atoms. The second-order valence-corrected chi connectivity index (χ2v) is 8.22. The van der Waals surface area contributed by atoms with Gasteiger partial charge in [0, 0.05) is 24.6 Å². The van der Waals surface area contributed by atoms with Crippen molar-refractivity contribution in [2.45, 2.75) is 25.7 Å². The number of rotatable bonds is 8. The number of hydrogen-bond donors (Lipinski definition) is 1. The predicted molar refractivity (Wildman–Crippen MR) is 115 cm³/mol. The van der Waals surface area contributed by atoms with Gasteiger partial charge in [-0.25, -0.2) is 4.39 Å². The molecule has 0 unspecified atom stereocenters. The smallest absolute Gasteiger partial charge is 0.303 e.